The van der Waals surface area contributed by atoms with Crippen LogP contribution in [0.5, 0.6) is 0 Å². The van der Waals surface area contributed by atoms with Gasteiger partial charge in [-0.1, -0.05) is 44.4 Å². The summed E-state index contributed by atoms with van der Waals surface area (Å²) >= 11 is 0. The number of aryl methyl sites for hydroxylation is 1. The van der Waals surface area contributed by atoms with Crippen LogP contribution in [0, 0.1) is 0 Å². The molecule has 0 aliphatic heterocycles. The van der Waals surface area contributed by atoms with E-state index in [0.29, 0.717) is 32.3 Å². The molecule has 0 aliphatic rings. The topological polar surface area (TPSA) is 59.2 Å². The number of rotatable bonds is 11. The van der Waals surface area contributed by atoms with Crippen molar-refractivity contribution in [1.82, 2.24) is 4.98 Å². The molecule has 0 radical (unpaired) electrons. The Labute approximate surface area is 150 Å². The number of esters is 1. The summed E-state index contributed by atoms with van der Waals surface area (Å²) in [5, 5.41) is 0.995. The summed E-state index contributed by atoms with van der Waals surface area (Å²) in [6.07, 6.45) is 6.72. The number of benzene rings is 1. The van der Waals surface area contributed by atoms with Crippen LogP contribution in [0.4, 0.5) is 0 Å². The van der Waals surface area contributed by atoms with Crippen molar-refractivity contribution in [2.24, 2.45) is 0 Å². The zero-order chi connectivity index (χ0) is 18.1. The molecule has 0 amide bonds. The quantitative estimate of drug-likeness (QED) is 0.346. The maximum atomic E-state index is 12.8. The molecule has 0 spiro atoms. The number of Topliss-reactive ketones (excluding diaryl/α,β-unsaturated/α-hetero) is 1. The molecule has 0 saturated carbocycles. The average Bonchev–Trinajstić information content (AvgIpc) is 2.97. The first-order chi connectivity index (χ1) is 12.2. The number of aromatic nitrogens is 1. The third-order valence-corrected chi connectivity index (χ3v) is 4.43. The molecular weight excluding hydrogens is 314 g/mol. The number of ketones is 1. The lowest BCUT2D eigenvalue weighted by Gasteiger charge is -2.05. The predicted octanol–water partition coefficient (Wildman–Crippen LogP) is 5.21. The van der Waals surface area contributed by atoms with Crippen molar-refractivity contribution in [3.8, 4) is 0 Å². The molecule has 1 N–H and O–H groups in total. The number of unbranched alkanes of at least 4 members (excludes halogenated alkanes) is 3. The summed E-state index contributed by atoms with van der Waals surface area (Å²) < 4.78 is 4.98. The number of H-pyrrole nitrogens is 1. The first kappa shape index (κ1) is 19.2. The van der Waals surface area contributed by atoms with Gasteiger partial charge in [-0.05, 0) is 32.3 Å². The fourth-order valence-corrected chi connectivity index (χ4v) is 3.18. The molecule has 1 aromatic carbocycles. The Morgan fingerprint density at radius 1 is 1.00 bits per heavy atom. The van der Waals surface area contributed by atoms with E-state index >= 15 is 0 Å². The van der Waals surface area contributed by atoms with E-state index < -0.39 is 0 Å². The lowest BCUT2D eigenvalue weighted by Crippen LogP contribution is -2.06. The van der Waals surface area contributed by atoms with Crippen LogP contribution < -0.4 is 0 Å². The molecule has 136 valence electrons. The van der Waals surface area contributed by atoms with E-state index in [4.69, 9.17) is 4.74 Å². The van der Waals surface area contributed by atoms with E-state index in [1.807, 2.05) is 31.2 Å². The molecule has 25 heavy (non-hydrogen) atoms. The largest absolute Gasteiger partial charge is 0.466 e. The second-order valence-electron chi connectivity index (χ2n) is 6.42. The number of fused-ring (bicyclic) bond motifs is 1. The van der Waals surface area contributed by atoms with Crippen LogP contribution in [0.3, 0.4) is 0 Å². The highest BCUT2D eigenvalue weighted by molar-refractivity contribution is 6.09. The number of carbonyl (C=O) groups is 2. The molecule has 0 saturated heterocycles. The molecule has 0 unspecified atom stereocenters. The van der Waals surface area contributed by atoms with Crippen molar-refractivity contribution < 1.29 is 14.3 Å². The summed E-state index contributed by atoms with van der Waals surface area (Å²) in [5.74, 6) is 0.0331. The van der Waals surface area contributed by atoms with Crippen LogP contribution in [0.1, 0.15) is 74.8 Å². The Hall–Kier alpha value is -2.10. The zero-order valence-electron chi connectivity index (χ0n) is 15.4. The first-order valence-electron chi connectivity index (χ1n) is 9.45. The minimum Gasteiger partial charge on any atom is -0.466 e. The standard InChI is InChI=1S/C21H29NO3/c1-3-5-6-7-14-19(23)21-16-11-8-9-12-17(16)22-18(21)13-10-15-20(24)25-4-2/h8-9,11-12,22H,3-7,10,13-15H2,1-2H3. The summed E-state index contributed by atoms with van der Waals surface area (Å²) in [6.45, 7) is 4.39. The van der Waals surface area contributed by atoms with Crippen molar-refractivity contribution in [2.45, 2.75) is 65.2 Å². The van der Waals surface area contributed by atoms with E-state index in [0.717, 1.165) is 35.0 Å². The van der Waals surface area contributed by atoms with E-state index in [2.05, 4.69) is 11.9 Å². The van der Waals surface area contributed by atoms with Crippen LogP contribution in [0.2, 0.25) is 0 Å². The van der Waals surface area contributed by atoms with Gasteiger partial charge < -0.3 is 9.72 Å². The van der Waals surface area contributed by atoms with E-state index in [-0.39, 0.29) is 11.8 Å². The highest BCUT2D eigenvalue weighted by atomic mass is 16.5. The van der Waals surface area contributed by atoms with Gasteiger partial charge in [0.1, 0.15) is 0 Å². The normalized spacial score (nSPS) is 11.0. The van der Waals surface area contributed by atoms with Crippen LogP contribution in [0.25, 0.3) is 10.9 Å². The number of carbonyl (C=O) groups excluding carboxylic acids is 2. The van der Waals surface area contributed by atoms with Crippen LogP contribution >= 0.6 is 0 Å². The number of para-hydroxylation sites is 1. The van der Waals surface area contributed by atoms with Gasteiger partial charge in [-0.15, -0.1) is 0 Å². The molecule has 0 fully saturated rings. The number of ether oxygens (including phenoxy) is 1. The van der Waals surface area contributed by atoms with Crippen molar-refractivity contribution in [3.05, 3.63) is 35.5 Å². The maximum absolute atomic E-state index is 12.8. The van der Waals surface area contributed by atoms with Crippen molar-refractivity contribution in [1.29, 1.82) is 0 Å². The summed E-state index contributed by atoms with van der Waals surface area (Å²) in [5.41, 5.74) is 2.76. The van der Waals surface area contributed by atoms with E-state index in [9.17, 15) is 9.59 Å². The SMILES string of the molecule is CCCCCCC(=O)c1c(CCCC(=O)OCC)[nH]c2ccccc12. The second kappa shape index (κ2) is 10.0. The highest BCUT2D eigenvalue weighted by Gasteiger charge is 2.18. The molecule has 0 atom stereocenters. The fraction of sp³-hybridized carbons (Fsp3) is 0.524. The molecular formula is C21H29NO3. The Bertz CT molecular complexity index is 702. The van der Waals surface area contributed by atoms with Gasteiger partial charge in [0.05, 0.1) is 6.61 Å². The number of hydrogen-bond donors (Lipinski definition) is 1. The lowest BCUT2D eigenvalue weighted by atomic mass is 9.99. The van der Waals surface area contributed by atoms with Crippen molar-refractivity contribution in [2.75, 3.05) is 6.61 Å². The molecule has 2 rings (SSSR count). The van der Waals surface area contributed by atoms with Crippen molar-refractivity contribution in [3.63, 3.8) is 0 Å². The van der Waals surface area contributed by atoms with Crippen LogP contribution in [0.15, 0.2) is 24.3 Å². The van der Waals surface area contributed by atoms with Crippen molar-refractivity contribution >= 4 is 22.7 Å². The molecule has 4 heteroatoms. The minimum absolute atomic E-state index is 0.175. The Kier molecular flexibility index (Phi) is 7.71. The van der Waals surface area contributed by atoms with Gasteiger partial charge in [-0.3, -0.25) is 9.59 Å². The third kappa shape index (κ3) is 5.45. The Balaban J connectivity index is 2.09. The molecule has 1 heterocycles. The van der Waals surface area contributed by atoms with Gasteiger partial charge in [0.25, 0.3) is 0 Å². The number of nitrogens with one attached hydrogen (secondary N) is 1. The fourth-order valence-electron chi connectivity index (χ4n) is 3.18. The number of aromatic amines is 1. The second-order valence-corrected chi connectivity index (χ2v) is 6.42. The monoisotopic (exact) mass is 343 g/mol. The Morgan fingerprint density at radius 3 is 2.56 bits per heavy atom. The smallest absolute Gasteiger partial charge is 0.305 e. The molecule has 2 aromatic rings. The molecule has 1 aromatic heterocycles. The van der Waals surface area contributed by atoms with Gasteiger partial charge in [0, 0.05) is 35.0 Å². The Morgan fingerprint density at radius 2 is 1.80 bits per heavy atom. The minimum atomic E-state index is -0.175. The first-order valence-corrected chi connectivity index (χ1v) is 9.45. The maximum Gasteiger partial charge on any atom is 0.305 e. The van der Waals surface area contributed by atoms with E-state index in [1.54, 1.807) is 0 Å². The predicted molar refractivity (Wildman–Crippen MR) is 101 cm³/mol. The average molecular weight is 343 g/mol. The van der Waals surface area contributed by atoms with Crippen LogP contribution in [-0.2, 0) is 16.0 Å². The van der Waals surface area contributed by atoms with Gasteiger partial charge in [-0.2, -0.15) is 0 Å². The van der Waals surface area contributed by atoms with Gasteiger partial charge in [0.15, 0.2) is 5.78 Å². The lowest BCUT2D eigenvalue weighted by molar-refractivity contribution is -0.143. The summed E-state index contributed by atoms with van der Waals surface area (Å²) in [7, 11) is 0. The summed E-state index contributed by atoms with van der Waals surface area (Å²) in [4.78, 5) is 27.7. The molecule has 0 aliphatic carbocycles. The van der Waals surface area contributed by atoms with Crippen LogP contribution in [-0.4, -0.2) is 23.3 Å². The van der Waals surface area contributed by atoms with E-state index in [1.165, 1.54) is 12.8 Å². The molecule has 4 nitrogen and oxygen atoms in total. The number of hydrogen-bond acceptors (Lipinski definition) is 3. The van der Waals surface area contributed by atoms with Gasteiger partial charge >= 0.3 is 5.97 Å². The van der Waals surface area contributed by atoms with Gasteiger partial charge in [0.2, 0.25) is 0 Å². The highest BCUT2D eigenvalue weighted by Crippen LogP contribution is 2.26. The molecule has 0 bridgehead atoms. The summed E-state index contributed by atoms with van der Waals surface area (Å²) in [6, 6.07) is 7.93. The third-order valence-electron chi connectivity index (χ3n) is 4.43. The zero-order valence-corrected chi connectivity index (χ0v) is 15.4. The van der Waals surface area contributed by atoms with Gasteiger partial charge in [-0.25, -0.2) is 0 Å².